The minimum absolute atomic E-state index is 0.0712. The minimum Gasteiger partial charge on any atom is -0.352 e. The van der Waals surface area contributed by atoms with Gasteiger partial charge < -0.3 is 15.2 Å². The molecule has 0 radical (unpaired) electrons. The highest BCUT2D eigenvalue weighted by atomic mass is 16.1. The number of nitrogens with zero attached hydrogens (tertiary/aromatic N) is 2. The highest BCUT2D eigenvalue weighted by molar-refractivity contribution is 5.39. The van der Waals surface area contributed by atoms with E-state index in [1.807, 2.05) is 0 Å². The Bertz CT molecular complexity index is 430. The molecule has 2 saturated heterocycles. The van der Waals surface area contributed by atoms with Gasteiger partial charge in [-0.15, -0.1) is 0 Å². The molecule has 0 aliphatic carbocycles. The fourth-order valence-electron chi connectivity index (χ4n) is 2.87. The number of piperidine rings is 1. The summed E-state index contributed by atoms with van der Waals surface area (Å²) >= 11 is 0. The number of H-pyrrole nitrogens is 1. The first-order valence-corrected chi connectivity index (χ1v) is 5.87. The molecule has 0 spiro atoms. The Morgan fingerprint density at radius 1 is 1.44 bits per heavy atom. The van der Waals surface area contributed by atoms with Gasteiger partial charge in [0.05, 0.1) is 6.33 Å². The van der Waals surface area contributed by atoms with E-state index in [9.17, 15) is 4.79 Å². The number of aromatic nitrogens is 2. The van der Waals surface area contributed by atoms with Crippen molar-refractivity contribution in [2.75, 3.05) is 24.5 Å². The Morgan fingerprint density at radius 3 is 3.25 bits per heavy atom. The van der Waals surface area contributed by atoms with Crippen molar-refractivity contribution in [1.82, 2.24) is 15.3 Å². The molecular formula is C11H16N4O. The zero-order valence-electron chi connectivity index (χ0n) is 9.15. The second-order valence-corrected chi connectivity index (χ2v) is 4.59. The topological polar surface area (TPSA) is 61.0 Å². The van der Waals surface area contributed by atoms with E-state index in [0.717, 1.165) is 31.4 Å². The zero-order chi connectivity index (χ0) is 11.0. The van der Waals surface area contributed by atoms with Crippen molar-refractivity contribution in [3.05, 3.63) is 22.7 Å². The number of nitrogens with one attached hydrogen (secondary N) is 2. The summed E-state index contributed by atoms with van der Waals surface area (Å²) in [4.78, 5) is 20.4. The van der Waals surface area contributed by atoms with Gasteiger partial charge in [0.15, 0.2) is 0 Å². The number of anilines is 1. The van der Waals surface area contributed by atoms with E-state index in [4.69, 9.17) is 0 Å². The third-order valence-electron chi connectivity index (χ3n) is 3.64. The number of aromatic amines is 1. The number of rotatable bonds is 1. The maximum absolute atomic E-state index is 11.3. The highest BCUT2D eigenvalue weighted by Gasteiger charge is 2.35. The highest BCUT2D eigenvalue weighted by Crippen LogP contribution is 2.28. The lowest BCUT2D eigenvalue weighted by Gasteiger charge is -2.37. The van der Waals surface area contributed by atoms with Crippen LogP contribution in [0.25, 0.3) is 0 Å². The predicted molar refractivity (Wildman–Crippen MR) is 61.6 cm³/mol. The SMILES string of the molecule is O=c1cc(N2CCCC3CNCC32)nc[nH]1. The summed E-state index contributed by atoms with van der Waals surface area (Å²) in [5, 5.41) is 3.42. The van der Waals surface area contributed by atoms with Gasteiger partial charge in [0.25, 0.3) is 5.56 Å². The predicted octanol–water partition coefficient (Wildman–Crippen LogP) is -0.0419. The summed E-state index contributed by atoms with van der Waals surface area (Å²) < 4.78 is 0. The van der Waals surface area contributed by atoms with Gasteiger partial charge in [-0.05, 0) is 18.8 Å². The molecule has 0 amide bonds. The van der Waals surface area contributed by atoms with Crippen LogP contribution < -0.4 is 15.8 Å². The van der Waals surface area contributed by atoms with Gasteiger partial charge in [-0.2, -0.15) is 0 Å². The summed E-state index contributed by atoms with van der Waals surface area (Å²) in [5.41, 5.74) is -0.0712. The Kier molecular flexibility index (Phi) is 2.40. The van der Waals surface area contributed by atoms with Crippen molar-refractivity contribution < 1.29 is 0 Å². The van der Waals surface area contributed by atoms with Crippen LogP contribution in [0.15, 0.2) is 17.2 Å². The molecule has 2 N–H and O–H groups in total. The quantitative estimate of drug-likeness (QED) is 0.697. The monoisotopic (exact) mass is 220 g/mol. The molecule has 3 rings (SSSR count). The molecule has 2 aliphatic rings. The number of fused-ring (bicyclic) bond motifs is 1. The Labute approximate surface area is 93.9 Å². The van der Waals surface area contributed by atoms with Crippen LogP contribution in [-0.2, 0) is 0 Å². The van der Waals surface area contributed by atoms with Gasteiger partial charge in [-0.25, -0.2) is 4.98 Å². The first-order chi connectivity index (χ1) is 7.84. The fourth-order valence-corrected chi connectivity index (χ4v) is 2.87. The van der Waals surface area contributed by atoms with E-state index in [1.54, 1.807) is 6.07 Å². The molecule has 16 heavy (non-hydrogen) atoms. The first kappa shape index (κ1) is 9.84. The van der Waals surface area contributed by atoms with E-state index < -0.39 is 0 Å². The van der Waals surface area contributed by atoms with Gasteiger partial charge in [0, 0.05) is 31.7 Å². The van der Waals surface area contributed by atoms with Crippen molar-refractivity contribution in [3.8, 4) is 0 Å². The Morgan fingerprint density at radius 2 is 2.38 bits per heavy atom. The lowest BCUT2D eigenvalue weighted by atomic mass is 9.92. The average molecular weight is 220 g/mol. The minimum atomic E-state index is -0.0712. The third-order valence-corrected chi connectivity index (χ3v) is 3.64. The molecule has 0 saturated carbocycles. The second kappa shape index (κ2) is 3.90. The molecule has 2 aliphatic heterocycles. The van der Waals surface area contributed by atoms with Crippen molar-refractivity contribution >= 4 is 5.82 Å². The summed E-state index contributed by atoms with van der Waals surface area (Å²) in [5.74, 6) is 1.54. The molecule has 86 valence electrons. The Balaban J connectivity index is 1.90. The number of hydrogen-bond acceptors (Lipinski definition) is 4. The number of hydrogen-bond donors (Lipinski definition) is 2. The van der Waals surface area contributed by atoms with E-state index in [1.165, 1.54) is 19.2 Å². The van der Waals surface area contributed by atoms with Crippen LogP contribution in [0.4, 0.5) is 5.82 Å². The van der Waals surface area contributed by atoms with Crippen LogP contribution in [0, 0.1) is 5.92 Å². The standard InChI is InChI=1S/C11H16N4O/c16-11-4-10(13-7-14-11)15-3-1-2-8-5-12-6-9(8)15/h4,7-9,12H,1-3,5-6H2,(H,13,14,16). The van der Waals surface area contributed by atoms with E-state index >= 15 is 0 Å². The lowest BCUT2D eigenvalue weighted by molar-refractivity contribution is 0.383. The van der Waals surface area contributed by atoms with Crippen molar-refractivity contribution in [1.29, 1.82) is 0 Å². The van der Waals surface area contributed by atoms with Crippen molar-refractivity contribution in [3.63, 3.8) is 0 Å². The van der Waals surface area contributed by atoms with Gasteiger partial charge in [0.1, 0.15) is 5.82 Å². The second-order valence-electron chi connectivity index (χ2n) is 4.59. The molecule has 0 bridgehead atoms. The third kappa shape index (κ3) is 1.61. The molecule has 0 aromatic carbocycles. The van der Waals surface area contributed by atoms with Crippen LogP contribution in [-0.4, -0.2) is 35.6 Å². The molecule has 5 heteroatoms. The molecule has 2 unspecified atom stereocenters. The Hall–Kier alpha value is -1.36. The summed E-state index contributed by atoms with van der Waals surface area (Å²) in [7, 11) is 0. The maximum atomic E-state index is 11.3. The maximum Gasteiger partial charge on any atom is 0.252 e. The lowest BCUT2D eigenvalue weighted by Crippen LogP contribution is -2.45. The van der Waals surface area contributed by atoms with Crippen molar-refractivity contribution in [2.45, 2.75) is 18.9 Å². The molecule has 3 heterocycles. The smallest absolute Gasteiger partial charge is 0.252 e. The molecule has 1 aromatic rings. The van der Waals surface area contributed by atoms with Gasteiger partial charge in [-0.1, -0.05) is 0 Å². The summed E-state index contributed by atoms with van der Waals surface area (Å²) in [6.45, 7) is 3.13. The average Bonchev–Trinajstić information content (AvgIpc) is 2.76. The normalized spacial score (nSPS) is 29.1. The van der Waals surface area contributed by atoms with Crippen LogP contribution >= 0.6 is 0 Å². The molecule has 1 aromatic heterocycles. The van der Waals surface area contributed by atoms with Crippen LogP contribution in [0.2, 0.25) is 0 Å². The zero-order valence-corrected chi connectivity index (χ0v) is 9.15. The van der Waals surface area contributed by atoms with Crippen molar-refractivity contribution in [2.24, 2.45) is 5.92 Å². The van der Waals surface area contributed by atoms with Crippen LogP contribution in [0.1, 0.15) is 12.8 Å². The van der Waals surface area contributed by atoms with Gasteiger partial charge >= 0.3 is 0 Å². The molecule has 2 atom stereocenters. The van der Waals surface area contributed by atoms with E-state index in [0.29, 0.717) is 6.04 Å². The summed E-state index contributed by atoms with van der Waals surface area (Å²) in [6, 6.07) is 2.11. The van der Waals surface area contributed by atoms with E-state index in [2.05, 4.69) is 20.2 Å². The summed E-state index contributed by atoms with van der Waals surface area (Å²) in [6.07, 6.45) is 3.97. The van der Waals surface area contributed by atoms with Crippen LogP contribution in [0.5, 0.6) is 0 Å². The first-order valence-electron chi connectivity index (χ1n) is 5.87. The molecule has 5 nitrogen and oxygen atoms in total. The molecule has 2 fully saturated rings. The largest absolute Gasteiger partial charge is 0.352 e. The van der Waals surface area contributed by atoms with Gasteiger partial charge in [0.2, 0.25) is 0 Å². The van der Waals surface area contributed by atoms with Gasteiger partial charge in [-0.3, -0.25) is 4.79 Å². The molecular weight excluding hydrogens is 204 g/mol. The fraction of sp³-hybridized carbons (Fsp3) is 0.636. The van der Waals surface area contributed by atoms with Crippen LogP contribution in [0.3, 0.4) is 0 Å². The van der Waals surface area contributed by atoms with E-state index in [-0.39, 0.29) is 5.56 Å².